The van der Waals surface area contributed by atoms with E-state index in [9.17, 15) is 9.59 Å². The molecule has 1 fully saturated rings. The molecule has 20 heavy (non-hydrogen) atoms. The summed E-state index contributed by atoms with van der Waals surface area (Å²) in [6, 6.07) is 0. The third kappa shape index (κ3) is 5.63. The molecule has 114 valence electrons. The average Bonchev–Trinajstić information content (AvgIpc) is 2.52. The van der Waals surface area contributed by atoms with E-state index in [-0.39, 0.29) is 0 Å². The van der Waals surface area contributed by atoms with Crippen molar-refractivity contribution in [2.75, 3.05) is 13.2 Å². The lowest BCUT2D eigenvalue weighted by atomic mass is 10.2. The minimum Gasteiger partial charge on any atom is -0.463 e. The maximum atomic E-state index is 12.2. The van der Waals surface area contributed by atoms with Gasteiger partial charge in [0.15, 0.2) is 0 Å². The van der Waals surface area contributed by atoms with Gasteiger partial charge in [-0.3, -0.25) is 4.90 Å². The van der Waals surface area contributed by atoms with E-state index in [1.54, 1.807) is 11.8 Å². The first-order valence-corrected chi connectivity index (χ1v) is 7.21. The molecule has 0 aliphatic carbocycles. The number of esters is 1. The second kappa shape index (κ2) is 7.31. The molecule has 0 aromatic heterocycles. The van der Waals surface area contributed by atoms with Crippen LogP contribution in [-0.2, 0) is 14.3 Å². The van der Waals surface area contributed by atoms with Gasteiger partial charge in [0.2, 0.25) is 0 Å². The van der Waals surface area contributed by atoms with Crippen LogP contribution in [0.15, 0.2) is 11.8 Å². The Labute approximate surface area is 120 Å². The summed E-state index contributed by atoms with van der Waals surface area (Å²) in [4.78, 5) is 25.4. The van der Waals surface area contributed by atoms with Crippen molar-refractivity contribution in [3.05, 3.63) is 11.8 Å². The predicted octanol–water partition coefficient (Wildman–Crippen LogP) is 3.24. The lowest BCUT2D eigenvalue weighted by Gasteiger charge is -2.27. The molecule has 1 amide bonds. The summed E-state index contributed by atoms with van der Waals surface area (Å²) in [7, 11) is 0. The number of carbonyl (C=O) groups is 2. The van der Waals surface area contributed by atoms with Crippen molar-refractivity contribution in [1.29, 1.82) is 0 Å². The number of amides is 1. The monoisotopic (exact) mass is 283 g/mol. The molecule has 1 aliphatic heterocycles. The Kier molecular flexibility index (Phi) is 6.05. The molecule has 1 rings (SSSR count). The second-order valence-electron chi connectivity index (χ2n) is 5.83. The van der Waals surface area contributed by atoms with Crippen molar-refractivity contribution in [3.8, 4) is 0 Å². The van der Waals surface area contributed by atoms with Gasteiger partial charge in [0.25, 0.3) is 0 Å². The lowest BCUT2D eigenvalue weighted by molar-refractivity contribution is -0.137. The van der Waals surface area contributed by atoms with Crippen molar-refractivity contribution >= 4 is 12.1 Å². The van der Waals surface area contributed by atoms with Crippen molar-refractivity contribution in [2.24, 2.45) is 0 Å². The Hall–Kier alpha value is -1.52. The first-order chi connectivity index (χ1) is 9.33. The molecule has 0 N–H and O–H groups in total. The molecular formula is C15H25NO4. The molecule has 0 radical (unpaired) electrons. The molecular weight excluding hydrogens is 258 g/mol. The topological polar surface area (TPSA) is 55.8 Å². The summed E-state index contributed by atoms with van der Waals surface area (Å²) in [5.41, 5.74) is 0.147. The lowest BCUT2D eigenvalue weighted by Crippen LogP contribution is -2.36. The minimum absolute atomic E-state index is 0.328. The van der Waals surface area contributed by atoms with Crippen LogP contribution in [0.1, 0.15) is 53.4 Å². The van der Waals surface area contributed by atoms with E-state index >= 15 is 0 Å². The van der Waals surface area contributed by atoms with Gasteiger partial charge in [-0.05, 0) is 47.0 Å². The molecule has 0 saturated carbocycles. The van der Waals surface area contributed by atoms with Crippen LogP contribution in [0, 0.1) is 0 Å². The fraction of sp³-hybridized carbons (Fsp3) is 0.733. The summed E-state index contributed by atoms with van der Waals surface area (Å²) >= 11 is 0. The smallest absolute Gasteiger partial charge is 0.414 e. The number of rotatable bonds is 2. The predicted molar refractivity (Wildman–Crippen MR) is 76.1 cm³/mol. The number of hydrogen-bond acceptors (Lipinski definition) is 4. The Morgan fingerprint density at radius 2 is 1.95 bits per heavy atom. The molecule has 0 unspecified atom stereocenters. The van der Waals surface area contributed by atoms with Gasteiger partial charge in [-0.15, -0.1) is 0 Å². The van der Waals surface area contributed by atoms with Crippen LogP contribution in [0.4, 0.5) is 4.79 Å². The van der Waals surface area contributed by atoms with E-state index in [0.29, 0.717) is 25.3 Å². The summed E-state index contributed by atoms with van der Waals surface area (Å²) in [5, 5.41) is 0. The summed E-state index contributed by atoms with van der Waals surface area (Å²) in [6.07, 6.45) is 4.63. The summed E-state index contributed by atoms with van der Waals surface area (Å²) in [5.74, 6) is -0.405. The van der Waals surface area contributed by atoms with Crippen molar-refractivity contribution in [1.82, 2.24) is 4.90 Å². The zero-order valence-corrected chi connectivity index (χ0v) is 12.9. The highest BCUT2D eigenvalue weighted by molar-refractivity contribution is 5.84. The summed E-state index contributed by atoms with van der Waals surface area (Å²) in [6.45, 7) is 8.16. The number of carbonyl (C=O) groups excluding carboxylic acids is 2. The highest BCUT2D eigenvalue weighted by Gasteiger charge is 2.26. The largest absolute Gasteiger partial charge is 0.463 e. The molecule has 1 aliphatic rings. The van der Waals surface area contributed by atoms with Crippen LogP contribution in [0.5, 0.6) is 0 Å². The zero-order chi connectivity index (χ0) is 15.2. The molecule has 0 spiro atoms. The average molecular weight is 283 g/mol. The third-order valence-electron chi connectivity index (χ3n) is 2.85. The quantitative estimate of drug-likeness (QED) is 0.576. The zero-order valence-electron chi connectivity index (χ0n) is 12.9. The van der Waals surface area contributed by atoms with Crippen LogP contribution < -0.4 is 0 Å². The van der Waals surface area contributed by atoms with Crippen LogP contribution in [0.3, 0.4) is 0 Å². The van der Waals surface area contributed by atoms with Crippen LogP contribution in [0.25, 0.3) is 0 Å². The van der Waals surface area contributed by atoms with Crippen LogP contribution in [-0.4, -0.2) is 35.7 Å². The van der Waals surface area contributed by atoms with Gasteiger partial charge in [-0.25, -0.2) is 9.59 Å². The fourth-order valence-electron chi connectivity index (χ4n) is 2.03. The maximum Gasteiger partial charge on any atom is 0.414 e. The Morgan fingerprint density at radius 3 is 2.55 bits per heavy atom. The minimum atomic E-state index is -0.543. The molecule has 0 aromatic carbocycles. The van der Waals surface area contributed by atoms with Crippen molar-refractivity contribution in [2.45, 2.75) is 59.0 Å². The number of allylic oxidation sites excluding steroid dienone is 1. The molecule has 0 aromatic rings. The van der Waals surface area contributed by atoms with Gasteiger partial charge in [0, 0.05) is 18.3 Å². The van der Waals surface area contributed by atoms with Gasteiger partial charge >= 0.3 is 12.1 Å². The van der Waals surface area contributed by atoms with Crippen molar-refractivity contribution < 1.29 is 19.1 Å². The standard InChI is InChI=1S/C15H25NO4/c1-5-19-13(17)11-12-9-7-6-8-10-16(12)14(18)20-15(2,3)4/h11H,5-10H2,1-4H3/b12-11+. The molecule has 0 atom stereocenters. The first-order valence-electron chi connectivity index (χ1n) is 7.21. The fourth-order valence-corrected chi connectivity index (χ4v) is 2.03. The number of likely N-dealkylation sites (tertiary alicyclic amines) is 1. The third-order valence-corrected chi connectivity index (χ3v) is 2.85. The molecule has 1 heterocycles. The van der Waals surface area contributed by atoms with Crippen LogP contribution in [0.2, 0.25) is 0 Å². The summed E-state index contributed by atoms with van der Waals surface area (Å²) < 4.78 is 10.3. The highest BCUT2D eigenvalue weighted by Crippen LogP contribution is 2.22. The number of hydrogen-bond donors (Lipinski definition) is 0. The first kappa shape index (κ1) is 16.5. The van der Waals surface area contributed by atoms with E-state index < -0.39 is 17.7 Å². The van der Waals surface area contributed by atoms with Crippen molar-refractivity contribution in [3.63, 3.8) is 0 Å². The molecule has 0 bridgehead atoms. The van der Waals surface area contributed by atoms with Gasteiger partial charge in [-0.1, -0.05) is 6.42 Å². The van der Waals surface area contributed by atoms with Crippen LogP contribution >= 0.6 is 0 Å². The maximum absolute atomic E-state index is 12.2. The normalized spacial score (nSPS) is 18.6. The Balaban J connectivity index is 2.86. The number of ether oxygens (including phenoxy) is 2. The van der Waals surface area contributed by atoms with Gasteiger partial charge < -0.3 is 9.47 Å². The Morgan fingerprint density at radius 1 is 1.25 bits per heavy atom. The SMILES string of the molecule is CCOC(=O)/C=C1\CCCCCN1C(=O)OC(C)(C)C. The van der Waals surface area contributed by atoms with E-state index in [1.165, 1.54) is 6.08 Å². The highest BCUT2D eigenvalue weighted by atomic mass is 16.6. The Bertz CT molecular complexity index is 382. The van der Waals surface area contributed by atoms with E-state index in [2.05, 4.69) is 0 Å². The molecule has 1 saturated heterocycles. The van der Waals surface area contributed by atoms with E-state index in [4.69, 9.17) is 9.47 Å². The van der Waals surface area contributed by atoms with Gasteiger partial charge in [-0.2, -0.15) is 0 Å². The number of nitrogens with zero attached hydrogens (tertiary/aromatic N) is 1. The van der Waals surface area contributed by atoms with Gasteiger partial charge in [0.05, 0.1) is 6.61 Å². The van der Waals surface area contributed by atoms with Gasteiger partial charge in [0.1, 0.15) is 5.60 Å². The second-order valence-corrected chi connectivity index (χ2v) is 5.83. The molecule has 5 nitrogen and oxygen atoms in total. The van der Waals surface area contributed by atoms with E-state index in [0.717, 1.165) is 19.3 Å². The van der Waals surface area contributed by atoms with E-state index in [1.807, 2.05) is 20.8 Å². The molecule has 5 heteroatoms.